The molecule has 0 aliphatic carbocycles. The van der Waals surface area contributed by atoms with Crippen LogP contribution in [0.4, 0.5) is 0 Å². The number of nitrogens with one attached hydrogen (secondary N) is 1. The van der Waals surface area contributed by atoms with Crippen molar-refractivity contribution in [3.05, 3.63) is 54.1 Å². The van der Waals surface area contributed by atoms with Crippen molar-refractivity contribution in [3.8, 4) is 0 Å². The molecule has 156 valence electrons. The highest BCUT2D eigenvalue weighted by Crippen LogP contribution is 2.27. The van der Waals surface area contributed by atoms with Crippen molar-refractivity contribution in [1.82, 2.24) is 24.7 Å². The van der Waals surface area contributed by atoms with Crippen molar-refractivity contribution < 1.29 is 0 Å². The number of piperidine rings is 1. The molecule has 0 radical (unpaired) electrons. The zero-order chi connectivity index (χ0) is 20.1. The van der Waals surface area contributed by atoms with Crippen LogP contribution in [0, 0.1) is 5.92 Å². The van der Waals surface area contributed by atoms with Crippen molar-refractivity contribution in [2.24, 2.45) is 10.9 Å². The van der Waals surface area contributed by atoms with E-state index >= 15 is 0 Å². The smallest absolute Gasteiger partial charge is 0.193 e. The largest absolute Gasteiger partial charge is 0.352 e. The number of aromatic nitrogens is 2. The highest BCUT2D eigenvalue weighted by Gasteiger charge is 2.28. The minimum Gasteiger partial charge on any atom is -0.352 e. The van der Waals surface area contributed by atoms with Crippen LogP contribution in [0.25, 0.3) is 0 Å². The summed E-state index contributed by atoms with van der Waals surface area (Å²) >= 11 is 0. The number of hydrogen-bond acceptors (Lipinski definition) is 3. The molecule has 2 fully saturated rings. The van der Waals surface area contributed by atoms with Crippen LogP contribution in [0.15, 0.2) is 48.0 Å². The lowest BCUT2D eigenvalue weighted by Gasteiger charge is -2.39. The molecule has 0 spiro atoms. The minimum absolute atomic E-state index is 0.440. The Morgan fingerprint density at radius 2 is 1.90 bits per heavy atom. The first-order valence-corrected chi connectivity index (χ1v) is 11.0. The minimum atomic E-state index is 0.440. The van der Waals surface area contributed by atoms with E-state index < -0.39 is 0 Å². The van der Waals surface area contributed by atoms with Crippen LogP contribution < -0.4 is 5.32 Å². The van der Waals surface area contributed by atoms with Gasteiger partial charge in [-0.05, 0) is 49.4 Å². The van der Waals surface area contributed by atoms with Crippen LogP contribution in [0.2, 0.25) is 0 Å². The topological polar surface area (TPSA) is 48.7 Å². The molecule has 4 rings (SSSR count). The van der Waals surface area contributed by atoms with Gasteiger partial charge >= 0.3 is 0 Å². The first kappa shape index (κ1) is 20.0. The van der Waals surface area contributed by atoms with Gasteiger partial charge < -0.3 is 14.8 Å². The second-order valence-corrected chi connectivity index (χ2v) is 8.49. The van der Waals surface area contributed by atoms with Gasteiger partial charge in [-0.25, -0.2) is 4.98 Å². The third-order valence-electron chi connectivity index (χ3n) is 6.42. The Morgan fingerprint density at radius 1 is 1.14 bits per heavy atom. The Morgan fingerprint density at radius 3 is 2.59 bits per heavy atom. The molecule has 1 aromatic heterocycles. The van der Waals surface area contributed by atoms with E-state index in [4.69, 9.17) is 0 Å². The third-order valence-corrected chi connectivity index (χ3v) is 6.42. The van der Waals surface area contributed by atoms with Crippen LogP contribution in [0.5, 0.6) is 0 Å². The SMILES string of the molecule is CN=C(NCc1ccc(CN2CCCC2)cc1)N1CCC(C)C(n2ccnc2)C1. The molecule has 2 atom stereocenters. The van der Waals surface area contributed by atoms with Gasteiger partial charge in [0.05, 0.1) is 12.4 Å². The van der Waals surface area contributed by atoms with Crippen LogP contribution in [0.1, 0.15) is 43.4 Å². The van der Waals surface area contributed by atoms with Gasteiger partial charge in [0.2, 0.25) is 0 Å². The lowest BCUT2D eigenvalue weighted by atomic mass is 9.93. The molecule has 2 saturated heterocycles. The Balaban J connectivity index is 1.32. The third kappa shape index (κ3) is 4.99. The van der Waals surface area contributed by atoms with Crippen LogP contribution in [0.3, 0.4) is 0 Å². The summed E-state index contributed by atoms with van der Waals surface area (Å²) in [6, 6.07) is 9.48. The summed E-state index contributed by atoms with van der Waals surface area (Å²) in [5.74, 6) is 1.63. The van der Waals surface area contributed by atoms with E-state index in [0.29, 0.717) is 12.0 Å². The van der Waals surface area contributed by atoms with Crippen LogP contribution in [-0.2, 0) is 13.1 Å². The predicted octanol–water partition coefficient (Wildman–Crippen LogP) is 3.14. The van der Waals surface area contributed by atoms with Crippen LogP contribution >= 0.6 is 0 Å². The Bertz CT molecular complexity index is 776. The number of hydrogen-bond donors (Lipinski definition) is 1. The molecular weight excluding hydrogens is 360 g/mol. The maximum absolute atomic E-state index is 4.55. The molecule has 6 nitrogen and oxygen atoms in total. The summed E-state index contributed by atoms with van der Waals surface area (Å²) in [6.45, 7) is 8.71. The van der Waals surface area contributed by atoms with Crippen molar-refractivity contribution in [1.29, 1.82) is 0 Å². The van der Waals surface area contributed by atoms with E-state index in [1.807, 2.05) is 19.6 Å². The maximum atomic E-state index is 4.55. The lowest BCUT2D eigenvalue weighted by molar-refractivity contribution is 0.189. The molecule has 2 aliphatic heterocycles. The van der Waals surface area contributed by atoms with Crippen molar-refractivity contribution in [3.63, 3.8) is 0 Å². The van der Waals surface area contributed by atoms with Gasteiger partial charge in [-0.3, -0.25) is 9.89 Å². The van der Waals surface area contributed by atoms with E-state index in [2.05, 4.69) is 67.0 Å². The van der Waals surface area contributed by atoms with Gasteiger partial charge in [-0.15, -0.1) is 0 Å². The molecule has 0 amide bonds. The quantitative estimate of drug-likeness (QED) is 0.625. The van der Waals surface area contributed by atoms with E-state index in [0.717, 1.165) is 38.6 Å². The molecule has 0 saturated carbocycles. The molecule has 3 heterocycles. The molecular formula is C23H34N6. The van der Waals surface area contributed by atoms with Crippen LogP contribution in [-0.4, -0.2) is 58.5 Å². The number of nitrogens with zero attached hydrogens (tertiary/aromatic N) is 5. The lowest BCUT2D eigenvalue weighted by Crippen LogP contribution is -2.48. The second kappa shape index (κ2) is 9.44. The number of rotatable bonds is 5. The first-order chi connectivity index (χ1) is 14.2. The van der Waals surface area contributed by atoms with Gasteiger partial charge in [0.25, 0.3) is 0 Å². The molecule has 2 aliphatic rings. The highest BCUT2D eigenvalue weighted by atomic mass is 15.3. The molecule has 2 unspecified atom stereocenters. The number of benzene rings is 1. The molecule has 1 aromatic carbocycles. The van der Waals surface area contributed by atoms with E-state index in [1.54, 1.807) is 0 Å². The first-order valence-electron chi connectivity index (χ1n) is 11.0. The Labute approximate surface area is 174 Å². The van der Waals surface area contributed by atoms with Gasteiger partial charge in [0.1, 0.15) is 0 Å². The molecule has 6 heteroatoms. The van der Waals surface area contributed by atoms with Gasteiger partial charge in [-0.1, -0.05) is 31.2 Å². The zero-order valence-corrected chi connectivity index (χ0v) is 17.8. The highest BCUT2D eigenvalue weighted by molar-refractivity contribution is 5.80. The summed E-state index contributed by atoms with van der Waals surface area (Å²) in [5.41, 5.74) is 2.71. The van der Waals surface area contributed by atoms with E-state index in [9.17, 15) is 0 Å². The summed E-state index contributed by atoms with van der Waals surface area (Å²) < 4.78 is 2.24. The monoisotopic (exact) mass is 394 g/mol. The predicted molar refractivity (Wildman–Crippen MR) is 118 cm³/mol. The normalized spacial score (nSPS) is 23.5. The Hall–Kier alpha value is -2.34. The summed E-state index contributed by atoms with van der Waals surface area (Å²) in [6.07, 6.45) is 9.73. The number of guanidine groups is 1. The van der Waals surface area contributed by atoms with Gasteiger partial charge in [0.15, 0.2) is 5.96 Å². The number of likely N-dealkylation sites (tertiary alicyclic amines) is 2. The van der Waals surface area contributed by atoms with Gasteiger partial charge in [-0.2, -0.15) is 0 Å². The van der Waals surface area contributed by atoms with Crippen molar-refractivity contribution in [2.45, 2.75) is 45.3 Å². The fraction of sp³-hybridized carbons (Fsp3) is 0.565. The standard InChI is InChI=1S/C23H34N6/c1-19-9-13-28(17-22(19)29-14-10-25-18-29)23(24-2)26-15-20-5-7-21(8-6-20)16-27-11-3-4-12-27/h5-8,10,14,18-19,22H,3-4,9,11-13,15-17H2,1-2H3,(H,24,26). The number of aliphatic imine (C=N–C) groups is 1. The fourth-order valence-corrected chi connectivity index (χ4v) is 4.57. The Kier molecular flexibility index (Phi) is 6.49. The molecule has 2 aromatic rings. The average molecular weight is 395 g/mol. The van der Waals surface area contributed by atoms with Crippen molar-refractivity contribution in [2.75, 3.05) is 33.2 Å². The van der Waals surface area contributed by atoms with Crippen molar-refractivity contribution >= 4 is 5.96 Å². The maximum Gasteiger partial charge on any atom is 0.193 e. The molecule has 1 N–H and O–H groups in total. The number of imidazole rings is 1. The summed E-state index contributed by atoms with van der Waals surface area (Å²) in [5, 5.41) is 3.57. The van der Waals surface area contributed by atoms with E-state index in [-0.39, 0.29) is 0 Å². The van der Waals surface area contributed by atoms with E-state index in [1.165, 1.54) is 37.1 Å². The average Bonchev–Trinajstić information content (AvgIpc) is 3.45. The second-order valence-electron chi connectivity index (χ2n) is 8.49. The zero-order valence-electron chi connectivity index (χ0n) is 17.8. The summed E-state index contributed by atoms with van der Waals surface area (Å²) in [4.78, 5) is 13.7. The molecule has 0 bridgehead atoms. The molecule has 29 heavy (non-hydrogen) atoms. The summed E-state index contributed by atoms with van der Waals surface area (Å²) in [7, 11) is 1.88. The van der Waals surface area contributed by atoms with Gasteiger partial charge in [0, 0.05) is 45.6 Å². The fourth-order valence-electron chi connectivity index (χ4n) is 4.57.